The monoisotopic (exact) mass is 438 g/mol. The van der Waals surface area contributed by atoms with Gasteiger partial charge in [-0.25, -0.2) is 4.98 Å². The van der Waals surface area contributed by atoms with Gasteiger partial charge in [-0.2, -0.15) is 0 Å². The maximum absolute atomic E-state index is 13.1. The lowest BCUT2D eigenvalue weighted by Gasteiger charge is -2.28. The minimum atomic E-state index is -0.0399. The number of aromatic nitrogens is 2. The largest absolute Gasteiger partial charge is 0.350 e. The second-order valence-electron chi connectivity index (χ2n) is 7.29. The summed E-state index contributed by atoms with van der Waals surface area (Å²) in [7, 11) is 0. The van der Waals surface area contributed by atoms with Crippen LogP contribution in [0.1, 0.15) is 34.8 Å². The molecule has 7 heteroatoms. The fraction of sp³-hybridized carbons (Fsp3) is 0.304. The molecule has 0 fully saturated rings. The first-order valence-corrected chi connectivity index (χ1v) is 11.9. The lowest BCUT2D eigenvalue weighted by molar-refractivity contribution is 0.0947. The van der Waals surface area contributed by atoms with Crippen LogP contribution in [-0.2, 0) is 6.54 Å². The summed E-state index contributed by atoms with van der Waals surface area (Å²) in [4.78, 5) is 22.9. The number of hydrogen-bond donors (Lipinski definition) is 1. The predicted octanol–water partition coefficient (Wildman–Crippen LogP) is 5.18. The van der Waals surface area contributed by atoms with Gasteiger partial charge in [-0.15, -0.1) is 22.7 Å². The first-order valence-electron chi connectivity index (χ1n) is 10.2. The molecule has 5 nitrogen and oxygen atoms in total. The predicted molar refractivity (Wildman–Crippen MR) is 126 cm³/mol. The molecule has 0 saturated carbocycles. The van der Waals surface area contributed by atoms with Crippen molar-refractivity contribution >= 4 is 38.8 Å². The van der Waals surface area contributed by atoms with Crippen LogP contribution >= 0.6 is 22.7 Å². The van der Waals surface area contributed by atoms with E-state index < -0.39 is 0 Å². The van der Waals surface area contributed by atoms with Crippen LogP contribution in [0.4, 0.5) is 0 Å². The molecule has 0 aliphatic heterocycles. The van der Waals surface area contributed by atoms with Crippen LogP contribution in [0, 0.1) is 0 Å². The number of carbonyl (C=O) groups excluding carboxylic acids is 1. The molecule has 1 atom stereocenters. The summed E-state index contributed by atoms with van der Waals surface area (Å²) < 4.78 is 2.00. The second kappa shape index (κ2) is 9.55. The highest BCUT2D eigenvalue weighted by molar-refractivity contribution is 7.21. The molecule has 4 rings (SSSR count). The molecular weight excluding hydrogens is 412 g/mol. The van der Waals surface area contributed by atoms with Crippen molar-refractivity contribution in [3.8, 4) is 5.69 Å². The second-order valence-corrected chi connectivity index (χ2v) is 9.32. The molecule has 156 valence electrons. The number of hydrogen-bond acceptors (Lipinski definition) is 5. The lowest BCUT2D eigenvalue weighted by atomic mass is 10.2. The summed E-state index contributed by atoms with van der Waals surface area (Å²) >= 11 is 3.23. The Hall–Kier alpha value is -2.48. The fourth-order valence-electron chi connectivity index (χ4n) is 3.52. The summed E-state index contributed by atoms with van der Waals surface area (Å²) in [5.74, 6) is -0.0399. The van der Waals surface area contributed by atoms with Gasteiger partial charge in [-0.05, 0) is 49.1 Å². The molecule has 0 radical (unpaired) electrons. The van der Waals surface area contributed by atoms with E-state index in [0.717, 1.165) is 35.4 Å². The standard InChI is InChI=1S/C23H26N4OS2/c1-3-17(2)27(16-18-8-7-15-29-18)14-11-24-22(28)21-20(26-12-4-5-13-26)19-9-6-10-25-23(19)30-21/h4-10,12-13,15,17H,3,11,14,16H2,1-2H3,(H,24,28)/t17-/m1/s1. The molecule has 4 aromatic heterocycles. The quantitative estimate of drug-likeness (QED) is 0.392. The summed E-state index contributed by atoms with van der Waals surface area (Å²) in [6.07, 6.45) is 6.79. The number of pyridine rings is 1. The molecule has 4 heterocycles. The molecular formula is C23H26N4OS2. The van der Waals surface area contributed by atoms with Crippen LogP contribution in [0.5, 0.6) is 0 Å². The van der Waals surface area contributed by atoms with E-state index >= 15 is 0 Å². The molecule has 0 aromatic carbocycles. The van der Waals surface area contributed by atoms with Crippen molar-refractivity contribution in [1.82, 2.24) is 19.8 Å². The lowest BCUT2D eigenvalue weighted by Crippen LogP contribution is -2.39. The zero-order valence-electron chi connectivity index (χ0n) is 17.2. The highest BCUT2D eigenvalue weighted by Crippen LogP contribution is 2.33. The van der Waals surface area contributed by atoms with E-state index in [2.05, 4.69) is 46.6 Å². The van der Waals surface area contributed by atoms with Gasteiger partial charge in [0.25, 0.3) is 5.91 Å². The third kappa shape index (κ3) is 4.48. The SMILES string of the molecule is CC[C@@H](C)N(CCNC(=O)c1sc2ncccc2c1-n1cccc1)Cc1cccs1. The van der Waals surface area contributed by atoms with Gasteiger partial charge in [-0.1, -0.05) is 13.0 Å². The van der Waals surface area contributed by atoms with Gasteiger partial charge in [0, 0.05) is 54.5 Å². The summed E-state index contributed by atoms with van der Waals surface area (Å²) in [5, 5.41) is 6.26. The van der Waals surface area contributed by atoms with Crippen molar-refractivity contribution < 1.29 is 4.79 Å². The molecule has 0 bridgehead atoms. The number of rotatable bonds is 9. The van der Waals surface area contributed by atoms with Crippen LogP contribution in [0.15, 0.2) is 60.4 Å². The minimum absolute atomic E-state index is 0.0399. The van der Waals surface area contributed by atoms with Crippen molar-refractivity contribution in [2.45, 2.75) is 32.9 Å². The number of nitrogens with one attached hydrogen (secondary N) is 1. The molecule has 0 saturated heterocycles. The number of nitrogens with zero attached hydrogens (tertiary/aromatic N) is 3. The zero-order chi connectivity index (χ0) is 20.9. The van der Waals surface area contributed by atoms with Gasteiger partial charge in [0.15, 0.2) is 0 Å². The molecule has 1 amide bonds. The molecule has 4 aromatic rings. The Morgan fingerprint density at radius 3 is 2.80 bits per heavy atom. The summed E-state index contributed by atoms with van der Waals surface area (Å²) in [5.41, 5.74) is 0.906. The van der Waals surface area contributed by atoms with Crippen molar-refractivity contribution in [1.29, 1.82) is 0 Å². The summed E-state index contributed by atoms with van der Waals surface area (Å²) in [6, 6.07) is 12.6. The third-order valence-electron chi connectivity index (χ3n) is 5.35. The Balaban J connectivity index is 1.49. The number of amides is 1. The normalized spacial score (nSPS) is 12.5. The van der Waals surface area contributed by atoms with Crippen LogP contribution < -0.4 is 5.32 Å². The van der Waals surface area contributed by atoms with Crippen molar-refractivity contribution in [2.24, 2.45) is 0 Å². The molecule has 1 N–H and O–H groups in total. The van der Waals surface area contributed by atoms with E-state index in [1.54, 1.807) is 17.5 Å². The maximum Gasteiger partial charge on any atom is 0.263 e. The van der Waals surface area contributed by atoms with E-state index in [1.165, 1.54) is 16.2 Å². The van der Waals surface area contributed by atoms with Crippen LogP contribution in [0.2, 0.25) is 0 Å². The van der Waals surface area contributed by atoms with Gasteiger partial charge in [-0.3, -0.25) is 9.69 Å². The summed E-state index contributed by atoms with van der Waals surface area (Å²) in [6.45, 7) is 6.81. The third-order valence-corrected chi connectivity index (χ3v) is 7.31. The Morgan fingerprint density at radius 1 is 1.23 bits per heavy atom. The van der Waals surface area contributed by atoms with E-state index in [1.807, 2.05) is 41.2 Å². The Labute approximate surface area is 185 Å². The Kier molecular flexibility index (Phi) is 6.62. The Bertz CT molecular complexity index is 1090. The van der Waals surface area contributed by atoms with Gasteiger partial charge in [0.2, 0.25) is 0 Å². The average molecular weight is 439 g/mol. The maximum atomic E-state index is 13.1. The van der Waals surface area contributed by atoms with Crippen molar-refractivity contribution in [3.63, 3.8) is 0 Å². The molecule has 0 spiro atoms. The number of thiophene rings is 2. The smallest absolute Gasteiger partial charge is 0.263 e. The molecule has 0 aliphatic rings. The first kappa shape index (κ1) is 20.8. The van der Waals surface area contributed by atoms with Crippen molar-refractivity contribution in [2.75, 3.05) is 13.1 Å². The average Bonchev–Trinajstić information content (AvgIpc) is 3.52. The van der Waals surface area contributed by atoms with Crippen LogP contribution in [0.3, 0.4) is 0 Å². The Morgan fingerprint density at radius 2 is 2.07 bits per heavy atom. The number of carbonyl (C=O) groups is 1. The molecule has 0 unspecified atom stereocenters. The highest BCUT2D eigenvalue weighted by Gasteiger charge is 2.20. The van der Waals surface area contributed by atoms with E-state index in [4.69, 9.17) is 0 Å². The molecule has 30 heavy (non-hydrogen) atoms. The first-order chi connectivity index (χ1) is 14.7. The van der Waals surface area contributed by atoms with Gasteiger partial charge in [0.05, 0.1) is 5.69 Å². The van der Waals surface area contributed by atoms with Crippen LogP contribution in [0.25, 0.3) is 15.9 Å². The fourth-order valence-corrected chi connectivity index (χ4v) is 5.31. The van der Waals surface area contributed by atoms with E-state index in [0.29, 0.717) is 17.5 Å². The van der Waals surface area contributed by atoms with Gasteiger partial charge >= 0.3 is 0 Å². The van der Waals surface area contributed by atoms with Crippen LogP contribution in [-0.4, -0.2) is 39.5 Å². The van der Waals surface area contributed by atoms with Gasteiger partial charge in [0.1, 0.15) is 9.71 Å². The van der Waals surface area contributed by atoms with E-state index in [9.17, 15) is 4.79 Å². The molecule has 0 aliphatic carbocycles. The zero-order valence-corrected chi connectivity index (χ0v) is 18.9. The number of fused-ring (bicyclic) bond motifs is 1. The van der Waals surface area contributed by atoms with Crippen molar-refractivity contribution in [3.05, 3.63) is 70.1 Å². The highest BCUT2D eigenvalue weighted by atomic mass is 32.1. The van der Waals surface area contributed by atoms with E-state index in [-0.39, 0.29) is 5.91 Å². The topological polar surface area (TPSA) is 50.2 Å². The minimum Gasteiger partial charge on any atom is -0.350 e. The van der Waals surface area contributed by atoms with Gasteiger partial charge < -0.3 is 9.88 Å².